The molecule has 0 radical (unpaired) electrons. The quantitative estimate of drug-likeness (QED) is 0.902. The second-order valence-electron chi connectivity index (χ2n) is 4.50. The van der Waals surface area contributed by atoms with Gasteiger partial charge >= 0.3 is 0 Å². The molecule has 2 rings (SSSR count). The maximum atomic E-state index is 12.1. The number of rotatable bonds is 3. The summed E-state index contributed by atoms with van der Waals surface area (Å²) >= 11 is 11.8. The molecule has 0 aliphatic heterocycles. The Morgan fingerprint density at radius 1 is 1.15 bits per heavy atom. The van der Waals surface area contributed by atoms with Crippen molar-refractivity contribution in [1.82, 2.24) is 0 Å². The standard InChI is InChI=1S/C15H14Cl2N2O/c1-9-2-4-10(5-3-9)14(18)15(20)19-13-7-6-11(16)8-12(13)17/h2-8,14H,18H2,1H3,(H,19,20). The number of carbonyl (C=O) groups is 1. The van der Waals surface area contributed by atoms with E-state index in [1.54, 1.807) is 18.2 Å². The monoisotopic (exact) mass is 308 g/mol. The van der Waals surface area contributed by atoms with Gasteiger partial charge in [0.1, 0.15) is 6.04 Å². The average molecular weight is 309 g/mol. The summed E-state index contributed by atoms with van der Waals surface area (Å²) in [5, 5.41) is 3.58. The highest BCUT2D eigenvalue weighted by molar-refractivity contribution is 6.36. The van der Waals surface area contributed by atoms with Crippen LogP contribution in [-0.4, -0.2) is 5.91 Å². The molecule has 5 heteroatoms. The zero-order valence-corrected chi connectivity index (χ0v) is 12.4. The Kier molecular flexibility index (Phi) is 4.65. The second-order valence-corrected chi connectivity index (χ2v) is 5.35. The predicted molar refractivity (Wildman–Crippen MR) is 83.2 cm³/mol. The third-order valence-corrected chi connectivity index (χ3v) is 3.46. The van der Waals surface area contributed by atoms with Crippen molar-refractivity contribution in [3.63, 3.8) is 0 Å². The first-order valence-corrected chi connectivity index (χ1v) is 6.81. The molecule has 0 spiro atoms. The van der Waals surface area contributed by atoms with Crippen LogP contribution in [0, 0.1) is 6.92 Å². The van der Waals surface area contributed by atoms with Crippen LogP contribution < -0.4 is 11.1 Å². The van der Waals surface area contributed by atoms with Gasteiger partial charge in [-0.1, -0.05) is 53.0 Å². The molecule has 104 valence electrons. The summed E-state index contributed by atoms with van der Waals surface area (Å²) in [4.78, 5) is 12.1. The molecule has 0 fully saturated rings. The van der Waals surface area contributed by atoms with Gasteiger partial charge in [-0.25, -0.2) is 0 Å². The summed E-state index contributed by atoms with van der Waals surface area (Å²) in [7, 11) is 0. The van der Waals surface area contributed by atoms with Crippen LogP contribution in [0.3, 0.4) is 0 Å². The molecule has 2 aromatic rings. The van der Waals surface area contributed by atoms with Crippen LogP contribution in [0.2, 0.25) is 10.0 Å². The number of anilines is 1. The second kappa shape index (κ2) is 6.27. The van der Waals surface area contributed by atoms with Crippen molar-refractivity contribution in [2.75, 3.05) is 5.32 Å². The fourth-order valence-corrected chi connectivity index (χ4v) is 2.18. The predicted octanol–water partition coefficient (Wildman–Crippen LogP) is 3.94. The van der Waals surface area contributed by atoms with Gasteiger partial charge in [0.2, 0.25) is 5.91 Å². The number of amides is 1. The van der Waals surface area contributed by atoms with Crippen molar-refractivity contribution in [3.05, 3.63) is 63.6 Å². The molecular formula is C15H14Cl2N2O. The number of hydrogen-bond acceptors (Lipinski definition) is 2. The molecular weight excluding hydrogens is 295 g/mol. The number of benzene rings is 2. The Balaban J connectivity index is 2.13. The molecule has 3 nitrogen and oxygen atoms in total. The van der Waals surface area contributed by atoms with E-state index in [9.17, 15) is 4.79 Å². The number of nitrogens with one attached hydrogen (secondary N) is 1. The summed E-state index contributed by atoms with van der Waals surface area (Å²) in [6.45, 7) is 1.98. The van der Waals surface area contributed by atoms with Gasteiger partial charge in [-0.3, -0.25) is 4.79 Å². The molecule has 0 aromatic heterocycles. The van der Waals surface area contributed by atoms with E-state index in [1.165, 1.54) is 0 Å². The van der Waals surface area contributed by atoms with Crippen LogP contribution in [0.1, 0.15) is 17.2 Å². The molecule has 1 unspecified atom stereocenters. The van der Waals surface area contributed by atoms with E-state index in [2.05, 4.69) is 5.32 Å². The smallest absolute Gasteiger partial charge is 0.245 e. The van der Waals surface area contributed by atoms with Crippen LogP contribution in [-0.2, 0) is 4.79 Å². The molecule has 0 bridgehead atoms. The van der Waals surface area contributed by atoms with Crippen molar-refractivity contribution >= 4 is 34.8 Å². The Morgan fingerprint density at radius 3 is 2.40 bits per heavy atom. The fraction of sp³-hybridized carbons (Fsp3) is 0.133. The van der Waals surface area contributed by atoms with Crippen LogP contribution >= 0.6 is 23.2 Å². The first-order chi connectivity index (χ1) is 9.47. The Hall–Kier alpha value is -1.55. The first kappa shape index (κ1) is 14.9. The molecule has 1 atom stereocenters. The van der Waals surface area contributed by atoms with Gasteiger partial charge in [-0.15, -0.1) is 0 Å². The molecule has 0 heterocycles. The minimum absolute atomic E-state index is 0.321. The normalized spacial score (nSPS) is 12.0. The lowest BCUT2D eigenvalue weighted by molar-refractivity contribution is -0.117. The molecule has 0 saturated carbocycles. The molecule has 2 aromatic carbocycles. The summed E-state index contributed by atoms with van der Waals surface area (Å²) in [5.74, 6) is -0.321. The minimum atomic E-state index is -0.748. The molecule has 1 amide bonds. The number of halogens is 2. The van der Waals surface area contributed by atoms with Gasteiger partial charge in [-0.2, -0.15) is 0 Å². The molecule has 3 N–H and O–H groups in total. The summed E-state index contributed by atoms with van der Waals surface area (Å²) < 4.78 is 0. The third-order valence-electron chi connectivity index (χ3n) is 2.91. The van der Waals surface area contributed by atoms with Crippen molar-refractivity contribution in [2.24, 2.45) is 5.73 Å². The maximum Gasteiger partial charge on any atom is 0.245 e. The van der Waals surface area contributed by atoms with E-state index in [-0.39, 0.29) is 5.91 Å². The Labute approximate surface area is 127 Å². The summed E-state index contributed by atoms with van der Waals surface area (Å²) in [6.07, 6.45) is 0. The molecule has 20 heavy (non-hydrogen) atoms. The lowest BCUT2D eigenvalue weighted by Crippen LogP contribution is -2.27. The highest BCUT2D eigenvalue weighted by atomic mass is 35.5. The van der Waals surface area contributed by atoms with E-state index in [0.717, 1.165) is 11.1 Å². The summed E-state index contributed by atoms with van der Waals surface area (Å²) in [5.41, 5.74) is 8.29. The van der Waals surface area contributed by atoms with E-state index < -0.39 is 6.04 Å². The van der Waals surface area contributed by atoms with Crippen molar-refractivity contribution in [2.45, 2.75) is 13.0 Å². The van der Waals surface area contributed by atoms with E-state index in [1.807, 2.05) is 31.2 Å². The highest BCUT2D eigenvalue weighted by Crippen LogP contribution is 2.26. The number of carbonyl (C=O) groups excluding carboxylic acids is 1. The highest BCUT2D eigenvalue weighted by Gasteiger charge is 2.16. The number of hydrogen-bond donors (Lipinski definition) is 2. The lowest BCUT2D eigenvalue weighted by Gasteiger charge is -2.14. The topological polar surface area (TPSA) is 55.1 Å². The minimum Gasteiger partial charge on any atom is -0.323 e. The number of nitrogens with two attached hydrogens (primary N) is 1. The molecule has 0 saturated heterocycles. The summed E-state index contributed by atoms with van der Waals surface area (Å²) in [6, 6.07) is 11.6. The van der Waals surface area contributed by atoms with E-state index in [4.69, 9.17) is 28.9 Å². The van der Waals surface area contributed by atoms with Gasteiger partial charge in [0, 0.05) is 5.02 Å². The van der Waals surface area contributed by atoms with Crippen molar-refractivity contribution in [1.29, 1.82) is 0 Å². The first-order valence-electron chi connectivity index (χ1n) is 6.05. The lowest BCUT2D eigenvalue weighted by atomic mass is 10.1. The largest absolute Gasteiger partial charge is 0.323 e. The Morgan fingerprint density at radius 2 is 1.80 bits per heavy atom. The Bertz CT molecular complexity index is 626. The van der Waals surface area contributed by atoms with Gasteiger partial charge < -0.3 is 11.1 Å². The maximum absolute atomic E-state index is 12.1. The van der Waals surface area contributed by atoms with Gasteiger partial charge in [-0.05, 0) is 30.7 Å². The van der Waals surface area contributed by atoms with Gasteiger partial charge in [0.25, 0.3) is 0 Å². The molecule has 0 aliphatic carbocycles. The SMILES string of the molecule is Cc1ccc(C(N)C(=O)Nc2ccc(Cl)cc2Cl)cc1. The fourth-order valence-electron chi connectivity index (χ4n) is 1.73. The third kappa shape index (κ3) is 3.51. The average Bonchev–Trinajstić information content (AvgIpc) is 2.42. The van der Waals surface area contributed by atoms with E-state index >= 15 is 0 Å². The van der Waals surface area contributed by atoms with Crippen LogP contribution in [0.4, 0.5) is 5.69 Å². The van der Waals surface area contributed by atoms with Crippen molar-refractivity contribution in [3.8, 4) is 0 Å². The zero-order chi connectivity index (χ0) is 14.7. The van der Waals surface area contributed by atoms with E-state index in [0.29, 0.717) is 15.7 Å². The van der Waals surface area contributed by atoms with Crippen LogP contribution in [0.5, 0.6) is 0 Å². The zero-order valence-electron chi connectivity index (χ0n) is 10.9. The van der Waals surface area contributed by atoms with Crippen LogP contribution in [0.15, 0.2) is 42.5 Å². The van der Waals surface area contributed by atoms with Crippen molar-refractivity contribution < 1.29 is 4.79 Å². The number of aryl methyl sites for hydroxylation is 1. The van der Waals surface area contributed by atoms with Crippen LogP contribution in [0.25, 0.3) is 0 Å². The van der Waals surface area contributed by atoms with Gasteiger partial charge in [0.15, 0.2) is 0 Å². The molecule has 0 aliphatic rings. The van der Waals surface area contributed by atoms with Gasteiger partial charge in [0.05, 0.1) is 10.7 Å².